The number of nitrogens with one attached hydrogen (secondary N) is 1. The van der Waals surface area contributed by atoms with E-state index in [4.69, 9.17) is 11.6 Å². The molecule has 3 aromatic heterocycles. The van der Waals surface area contributed by atoms with Crippen LogP contribution < -0.4 is 4.72 Å². The molecule has 0 unspecified atom stereocenters. The molecule has 1 aliphatic rings. The van der Waals surface area contributed by atoms with Crippen molar-refractivity contribution in [3.05, 3.63) is 59.4 Å². The fraction of sp³-hybridized carbons (Fsp3) is 0.190. The predicted molar refractivity (Wildman–Crippen MR) is 117 cm³/mol. The summed E-state index contributed by atoms with van der Waals surface area (Å²) in [5, 5.41) is 10.6. The van der Waals surface area contributed by atoms with Crippen molar-refractivity contribution in [2.24, 2.45) is 0 Å². The molecule has 0 saturated carbocycles. The first-order valence-electron chi connectivity index (χ1n) is 9.41. The quantitative estimate of drug-likeness (QED) is 0.557. The van der Waals surface area contributed by atoms with Crippen LogP contribution in [0.1, 0.15) is 19.4 Å². The number of hydrogen-bond acceptors (Lipinski definition) is 5. The van der Waals surface area contributed by atoms with Gasteiger partial charge in [0.05, 0.1) is 22.0 Å². The van der Waals surface area contributed by atoms with Crippen LogP contribution in [0.5, 0.6) is 0 Å². The van der Waals surface area contributed by atoms with Crippen molar-refractivity contribution in [2.45, 2.75) is 30.5 Å². The Labute approximate surface area is 191 Å². The van der Waals surface area contributed by atoms with E-state index in [1.807, 2.05) is 0 Å². The molecule has 7 nitrogen and oxygen atoms in total. The number of rotatable bonds is 5. The van der Waals surface area contributed by atoms with Gasteiger partial charge in [-0.1, -0.05) is 17.7 Å². The summed E-state index contributed by atoms with van der Waals surface area (Å²) in [5.41, 5.74) is -0.701. The van der Waals surface area contributed by atoms with E-state index in [9.17, 15) is 26.9 Å². The van der Waals surface area contributed by atoms with Crippen LogP contribution in [0.15, 0.2) is 53.7 Å². The minimum Gasteiger partial charge on any atom is -0.291 e. The lowest BCUT2D eigenvalue weighted by Crippen LogP contribution is -2.54. The van der Waals surface area contributed by atoms with Crippen molar-refractivity contribution in [2.75, 3.05) is 0 Å². The molecule has 12 heteroatoms. The summed E-state index contributed by atoms with van der Waals surface area (Å²) in [6.45, 7) is 1.45. The molecule has 1 aliphatic carbocycles. The number of nitriles is 1. The third-order valence-corrected chi connectivity index (χ3v) is 6.91. The zero-order valence-corrected chi connectivity index (χ0v) is 18.7. The summed E-state index contributed by atoms with van der Waals surface area (Å²) >= 11 is 6.06. The van der Waals surface area contributed by atoms with Gasteiger partial charge in [-0.3, -0.25) is 9.55 Å². The highest BCUT2D eigenvalue weighted by molar-refractivity contribution is 7.89. The highest BCUT2D eigenvalue weighted by Crippen LogP contribution is 2.37. The summed E-state index contributed by atoms with van der Waals surface area (Å²) in [6.07, 6.45) is 2.97. The van der Waals surface area contributed by atoms with Gasteiger partial charge in [0.2, 0.25) is 10.0 Å². The van der Waals surface area contributed by atoms with Gasteiger partial charge in [0, 0.05) is 23.5 Å². The normalized spacial score (nSPS) is 14.2. The monoisotopic (exact) mass is 493 g/mol. The molecule has 0 amide bonds. The Morgan fingerprint density at radius 3 is 2.39 bits per heavy atom. The lowest BCUT2D eigenvalue weighted by Gasteiger charge is -2.28. The van der Waals surface area contributed by atoms with E-state index >= 15 is 0 Å². The van der Waals surface area contributed by atoms with Crippen LogP contribution in [0.25, 0.3) is 28.1 Å². The number of fused-ring (bicyclic) bond motifs is 1. The first-order valence-corrected chi connectivity index (χ1v) is 11.3. The first-order chi connectivity index (χ1) is 15.4. The van der Waals surface area contributed by atoms with Gasteiger partial charge < -0.3 is 0 Å². The average molecular weight is 494 g/mol. The van der Waals surface area contributed by atoms with Crippen LogP contribution in [0.3, 0.4) is 0 Å². The second-order valence-corrected chi connectivity index (χ2v) is 9.87. The lowest BCUT2D eigenvalue weighted by atomic mass is 10.1. The van der Waals surface area contributed by atoms with E-state index in [1.165, 1.54) is 12.3 Å². The Hall–Kier alpha value is -3.20. The highest BCUT2D eigenvalue weighted by Gasteiger charge is 2.49. The van der Waals surface area contributed by atoms with Gasteiger partial charge in [-0.25, -0.2) is 13.4 Å². The summed E-state index contributed by atoms with van der Waals surface area (Å²) in [4.78, 5) is 8.02. The molecule has 0 saturated heterocycles. The first kappa shape index (κ1) is 23.0. The average Bonchev–Trinajstić information content (AvgIpc) is 2.98. The molecule has 0 bridgehead atoms. The zero-order valence-electron chi connectivity index (χ0n) is 17.1. The number of halogens is 4. The third-order valence-electron chi connectivity index (χ3n) is 5.07. The molecule has 0 radical (unpaired) electrons. The van der Waals surface area contributed by atoms with E-state index in [0.717, 1.165) is 31.8 Å². The van der Waals surface area contributed by atoms with E-state index in [1.54, 1.807) is 33.6 Å². The summed E-state index contributed by atoms with van der Waals surface area (Å²) in [7, 11) is -4.52. The smallest absolute Gasteiger partial charge is 0.291 e. The van der Waals surface area contributed by atoms with Gasteiger partial charge in [0.1, 0.15) is 22.2 Å². The maximum Gasteiger partial charge on any atom is 0.407 e. The van der Waals surface area contributed by atoms with Crippen molar-refractivity contribution >= 4 is 38.4 Å². The Morgan fingerprint density at radius 1 is 1.18 bits per heavy atom. The van der Waals surface area contributed by atoms with E-state index in [0.29, 0.717) is 21.7 Å². The SMILES string of the molecule is CC(C)(NS(=O)(=O)c1ccc(-c2c(C#N)c3cc(Cl)cnc3n2C2=CC=C2)nc1)C(F)(F)F. The third kappa shape index (κ3) is 3.90. The fourth-order valence-electron chi connectivity index (χ4n) is 3.21. The van der Waals surface area contributed by atoms with Gasteiger partial charge in [-0.2, -0.15) is 23.2 Å². The standard InChI is InChI=1S/C21H15ClF3N5O2S/c1-20(2,21(23,24)25)29-33(31,32)14-6-7-17(27-11-14)18-16(9-26)15-8-12(22)10-28-19(15)30(18)13-4-3-5-13/h3-8,10-11,29H,1-2H3. The maximum atomic E-state index is 13.1. The molecule has 170 valence electrons. The Kier molecular flexibility index (Phi) is 5.35. The second-order valence-electron chi connectivity index (χ2n) is 7.75. The Morgan fingerprint density at radius 2 is 1.88 bits per heavy atom. The number of sulfonamides is 1. The molecule has 0 atom stereocenters. The molecule has 33 heavy (non-hydrogen) atoms. The number of hydrogen-bond donors (Lipinski definition) is 1. The molecule has 0 spiro atoms. The minimum atomic E-state index is -4.80. The molecule has 3 aromatic rings. The number of pyridine rings is 2. The molecule has 0 aliphatic heterocycles. The molecule has 0 aromatic carbocycles. The van der Waals surface area contributed by atoms with Crippen molar-refractivity contribution in [3.8, 4) is 17.5 Å². The van der Waals surface area contributed by atoms with Crippen LogP contribution in [-0.4, -0.2) is 34.7 Å². The van der Waals surface area contributed by atoms with Crippen LogP contribution in [0.4, 0.5) is 13.2 Å². The lowest BCUT2D eigenvalue weighted by molar-refractivity contribution is -0.180. The highest BCUT2D eigenvalue weighted by atomic mass is 35.5. The molecular weight excluding hydrogens is 479 g/mol. The maximum absolute atomic E-state index is 13.1. The number of allylic oxidation sites excluding steroid dienone is 4. The fourth-order valence-corrected chi connectivity index (χ4v) is 4.71. The molecule has 3 heterocycles. The summed E-state index contributed by atoms with van der Waals surface area (Å²) in [6, 6.07) is 6.16. The number of alkyl halides is 3. The van der Waals surface area contributed by atoms with E-state index in [2.05, 4.69) is 16.0 Å². The minimum absolute atomic E-state index is 0.223. The zero-order chi connectivity index (χ0) is 24.2. The topological polar surface area (TPSA) is 101 Å². The molecule has 4 rings (SSSR count). The second kappa shape index (κ2) is 7.69. The van der Waals surface area contributed by atoms with Gasteiger partial charge >= 0.3 is 6.18 Å². The molecular formula is C21H15ClF3N5O2S. The summed E-state index contributed by atoms with van der Waals surface area (Å²) < 4.78 is 67.8. The van der Waals surface area contributed by atoms with Gasteiger partial charge in [-0.05, 0) is 44.2 Å². The van der Waals surface area contributed by atoms with Crippen molar-refractivity contribution < 1.29 is 21.6 Å². The van der Waals surface area contributed by atoms with E-state index < -0.39 is 26.6 Å². The number of nitrogens with zero attached hydrogens (tertiary/aromatic N) is 4. The van der Waals surface area contributed by atoms with E-state index in [-0.39, 0.29) is 11.3 Å². The van der Waals surface area contributed by atoms with Gasteiger partial charge in [0.25, 0.3) is 0 Å². The molecule has 0 fully saturated rings. The van der Waals surface area contributed by atoms with Crippen LogP contribution in [-0.2, 0) is 10.0 Å². The van der Waals surface area contributed by atoms with Gasteiger partial charge in [0.15, 0.2) is 0 Å². The summed E-state index contributed by atoms with van der Waals surface area (Å²) in [5.74, 6) is 0. The predicted octanol–water partition coefficient (Wildman–Crippen LogP) is 4.65. The number of aromatic nitrogens is 3. The Balaban J connectivity index is 1.82. The van der Waals surface area contributed by atoms with Crippen LogP contribution in [0.2, 0.25) is 5.02 Å². The Bertz CT molecular complexity index is 1480. The van der Waals surface area contributed by atoms with Crippen molar-refractivity contribution in [1.29, 1.82) is 5.26 Å². The van der Waals surface area contributed by atoms with Crippen molar-refractivity contribution in [1.82, 2.24) is 19.3 Å². The van der Waals surface area contributed by atoms with Gasteiger partial charge in [-0.15, -0.1) is 0 Å². The van der Waals surface area contributed by atoms with Crippen LogP contribution in [0, 0.1) is 11.3 Å². The van der Waals surface area contributed by atoms with Crippen LogP contribution >= 0.6 is 11.6 Å². The van der Waals surface area contributed by atoms with Crippen molar-refractivity contribution in [3.63, 3.8) is 0 Å². The largest absolute Gasteiger partial charge is 0.407 e. The molecule has 1 N–H and O–H groups in total.